The van der Waals surface area contributed by atoms with Crippen LogP contribution in [0.1, 0.15) is 45.1 Å². The Hall–Kier alpha value is -3.19. The highest BCUT2D eigenvalue weighted by Gasteiger charge is 2.12. The summed E-state index contributed by atoms with van der Waals surface area (Å²) in [6.45, 7) is 5.67. The van der Waals surface area contributed by atoms with Crippen LogP contribution < -0.4 is 19.6 Å². The number of fused-ring (bicyclic) bond motifs is 1. The van der Waals surface area contributed by atoms with Crippen LogP contribution in [0.4, 0.5) is 0 Å². The Balaban J connectivity index is 1.54. The normalized spacial score (nSPS) is 11.9. The van der Waals surface area contributed by atoms with E-state index in [0.717, 1.165) is 48.3 Å². The average molecular weight is 450 g/mol. The van der Waals surface area contributed by atoms with Gasteiger partial charge in [0.25, 0.3) is 5.56 Å². The Morgan fingerprint density at radius 1 is 0.969 bits per heavy atom. The predicted molar refractivity (Wildman–Crippen MR) is 129 cm³/mol. The van der Waals surface area contributed by atoms with Crippen molar-refractivity contribution in [2.24, 2.45) is 0 Å². The molecule has 0 N–H and O–H groups in total. The van der Waals surface area contributed by atoms with Gasteiger partial charge in [-0.25, -0.2) is 0 Å². The summed E-state index contributed by atoms with van der Waals surface area (Å²) in [4.78, 5) is 18.0. The molecule has 2 aromatic heterocycles. The zero-order valence-electron chi connectivity index (χ0n) is 18.4. The molecule has 0 unspecified atom stereocenters. The van der Waals surface area contributed by atoms with Crippen molar-refractivity contribution in [1.82, 2.24) is 14.6 Å². The summed E-state index contributed by atoms with van der Waals surface area (Å²) in [7, 11) is 0. The second-order valence-electron chi connectivity index (χ2n) is 7.55. The van der Waals surface area contributed by atoms with Crippen molar-refractivity contribution in [2.45, 2.75) is 39.5 Å². The van der Waals surface area contributed by atoms with Gasteiger partial charge < -0.3 is 9.47 Å². The van der Waals surface area contributed by atoms with Crippen LogP contribution in [0.25, 0.3) is 22.4 Å². The number of hydrogen-bond donors (Lipinski definition) is 0. The van der Waals surface area contributed by atoms with E-state index in [1.807, 2.05) is 54.6 Å². The fourth-order valence-corrected chi connectivity index (χ4v) is 4.08. The Morgan fingerprint density at radius 3 is 2.38 bits per heavy atom. The lowest BCUT2D eigenvalue weighted by molar-refractivity contribution is 0.309. The minimum atomic E-state index is -0.166. The van der Waals surface area contributed by atoms with Gasteiger partial charge in [-0.2, -0.15) is 9.50 Å². The van der Waals surface area contributed by atoms with Gasteiger partial charge in [-0.15, -0.1) is 5.10 Å². The van der Waals surface area contributed by atoms with Crippen LogP contribution >= 0.6 is 11.3 Å². The second-order valence-corrected chi connectivity index (χ2v) is 8.56. The molecule has 0 aliphatic rings. The van der Waals surface area contributed by atoms with E-state index in [-0.39, 0.29) is 5.56 Å². The third-order valence-corrected chi connectivity index (χ3v) is 5.94. The number of rotatable bonds is 10. The molecule has 166 valence electrons. The van der Waals surface area contributed by atoms with Crippen molar-refractivity contribution in [2.75, 3.05) is 13.2 Å². The monoisotopic (exact) mass is 449 g/mol. The standard InChI is InChI=1S/C25H27N3O3S/c1-3-5-14-30-20-12-10-19(11-13-20)23-26-25-28(27-23)24(29)22(32-25)17-18-8-7-9-21(16-18)31-15-6-4-2/h7-13,16-17H,3-6,14-15H2,1-2H3/b22-17-. The second kappa shape index (κ2) is 10.4. The molecule has 32 heavy (non-hydrogen) atoms. The summed E-state index contributed by atoms with van der Waals surface area (Å²) in [5.74, 6) is 2.17. The van der Waals surface area contributed by atoms with E-state index in [1.165, 1.54) is 15.9 Å². The molecule has 2 heterocycles. The third-order valence-electron chi connectivity index (χ3n) is 4.98. The molecule has 0 atom stereocenters. The lowest BCUT2D eigenvalue weighted by Gasteiger charge is -2.05. The minimum absolute atomic E-state index is 0.166. The molecule has 0 aliphatic carbocycles. The highest BCUT2D eigenvalue weighted by molar-refractivity contribution is 7.15. The number of unbranched alkanes of at least 4 members (excludes halogenated alkanes) is 2. The van der Waals surface area contributed by atoms with Gasteiger partial charge in [-0.3, -0.25) is 4.79 Å². The highest BCUT2D eigenvalue weighted by Crippen LogP contribution is 2.21. The molecule has 0 bridgehead atoms. The fourth-order valence-electron chi connectivity index (χ4n) is 3.17. The minimum Gasteiger partial charge on any atom is -0.494 e. The van der Waals surface area contributed by atoms with Gasteiger partial charge in [-0.1, -0.05) is 50.2 Å². The maximum absolute atomic E-state index is 12.9. The van der Waals surface area contributed by atoms with E-state index in [4.69, 9.17) is 9.47 Å². The number of aromatic nitrogens is 3. The average Bonchev–Trinajstić information content (AvgIpc) is 3.34. The third kappa shape index (κ3) is 5.16. The molecule has 7 heteroatoms. The molecular formula is C25H27N3O3S. The van der Waals surface area contributed by atoms with Gasteiger partial charge in [0.2, 0.25) is 4.96 Å². The van der Waals surface area contributed by atoms with E-state index in [9.17, 15) is 4.79 Å². The van der Waals surface area contributed by atoms with Gasteiger partial charge in [0, 0.05) is 5.56 Å². The van der Waals surface area contributed by atoms with Gasteiger partial charge in [-0.05, 0) is 60.9 Å². The molecule has 2 aromatic carbocycles. The Labute approximate surface area is 191 Å². The number of benzene rings is 2. The van der Waals surface area contributed by atoms with Crippen molar-refractivity contribution >= 4 is 22.4 Å². The fraction of sp³-hybridized carbons (Fsp3) is 0.320. The van der Waals surface area contributed by atoms with Crippen LogP contribution in [-0.4, -0.2) is 27.8 Å². The molecule has 6 nitrogen and oxygen atoms in total. The molecule has 0 amide bonds. The van der Waals surface area contributed by atoms with E-state index in [2.05, 4.69) is 23.9 Å². The van der Waals surface area contributed by atoms with Crippen molar-refractivity contribution in [1.29, 1.82) is 0 Å². The molecular weight excluding hydrogens is 422 g/mol. The van der Waals surface area contributed by atoms with Crippen molar-refractivity contribution in [3.05, 3.63) is 69.0 Å². The summed E-state index contributed by atoms with van der Waals surface area (Å²) in [5, 5.41) is 4.44. The van der Waals surface area contributed by atoms with Crippen LogP contribution in [0.3, 0.4) is 0 Å². The molecule has 4 aromatic rings. The van der Waals surface area contributed by atoms with Gasteiger partial charge in [0.1, 0.15) is 11.5 Å². The lowest BCUT2D eigenvalue weighted by Crippen LogP contribution is -2.23. The number of hydrogen-bond acceptors (Lipinski definition) is 6. The quantitative estimate of drug-likeness (QED) is 0.328. The summed E-state index contributed by atoms with van der Waals surface area (Å²) in [6.07, 6.45) is 6.10. The number of nitrogens with zero attached hydrogens (tertiary/aromatic N) is 3. The molecule has 0 fully saturated rings. The first kappa shape index (κ1) is 22.0. The van der Waals surface area contributed by atoms with Crippen molar-refractivity contribution in [3.63, 3.8) is 0 Å². The van der Waals surface area contributed by atoms with E-state index < -0.39 is 0 Å². The highest BCUT2D eigenvalue weighted by atomic mass is 32.1. The number of thiazole rings is 1. The van der Waals surface area contributed by atoms with E-state index >= 15 is 0 Å². The van der Waals surface area contributed by atoms with Crippen LogP contribution in [0.5, 0.6) is 11.5 Å². The first-order valence-electron chi connectivity index (χ1n) is 11.1. The van der Waals surface area contributed by atoms with Gasteiger partial charge in [0.05, 0.1) is 17.7 Å². The zero-order chi connectivity index (χ0) is 22.3. The SMILES string of the molecule is CCCCOc1ccc(-c2nc3s/c(=C\c4cccc(OCCCC)c4)c(=O)n3n2)cc1. The number of ether oxygens (including phenoxy) is 2. The summed E-state index contributed by atoms with van der Waals surface area (Å²) in [5.41, 5.74) is 1.60. The van der Waals surface area contributed by atoms with E-state index in [1.54, 1.807) is 0 Å². The Bertz CT molecular complexity index is 1280. The van der Waals surface area contributed by atoms with Gasteiger partial charge in [0.15, 0.2) is 5.82 Å². The summed E-state index contributed by atoms with van der Waals surface area (Å²) in [6, 6.07) is 15.4. The molecule has 0 radical (unpaired) electrons. The molecule has 4 rings (SSSR count). The van der Waals surface area contributed by atoms with Gasteiger partial charge >= 0.3 is 0 Å². The molecule has 0 saturated heterocycles. The van der Waals surface area contributed by atoms with Crippen LogP contribution in [0.2, 0.25) is 0 Å². The van der Waals surface area contributed by atoms with Crippen LogP contribution in [0, 0.1) is 0 Å². The zero-order valence-corrected chi connectivity index (χ0v) is 19.2. The summed E-state index contributed by atoms with van der Waals surface area (Å²) >= 11 is 1.33. The maximum atomic E-state index is 12.9. The smallest absolute Gasteiger partial charge is 0.291 e. The maximum Gasteiger partial charge on any atom is 0.291 e. The lowest BCUT2D eigenvalue weighted by atomic mass is 10.2. The first-order chi connectivity index (χ1) is 15.7. The largest absolute Gasteiger partial charge is 0.494 e. The Morgan fingerprint density at radius 2 is 1.69 bits per heavy atom. The topological polar surface area (TPSA) is 65.7 Å². The molecule has 0 aliphatic heterocycles. The molecule has 0 saturated carbocycles. The van der Waals surface area contributed by atoms with E-state index in [0.29, 0.717) is 28.5 Å². The Kier molecular flexibility index (Phi) is 7.17. The predicted octanol–water partition coefficient (Wildman–Crippen LogP) is 4.72. The molecule has 0 spiro atoms. The summed E-state index contributed by atoms with van der Waals surface area (Å²) < 4.78 is 13.4. The van der Waals surface area contributed by atoms with Crippen LogP contribution in [0.15, 0.2) is 53.3 Å². The van der Waals surface area contributed by atoms with Crippen LogP contribution in [-0.2, 0) is 0 Å². The van der Waals surface area contributed by atoms with Crippen molar-refractivity contribution < 1.29 is 9.47 Å². The van der Waals surface area contributed by atoms with Crippen molar-refractivity contribution in [3.8, 4) is 22.9 Å². The first-order valence-corrected chi connectivity index (χ1v) is 11.9.